The van der Waals surface area contributed by atoms with Crippen molar-refractivity contribution in [2.45, 2.75) is 190 Å². The lowest BCUT2D eigenvalue weighted by Gasteiger charge is -2.10. The number of anilines is 2. The summed E-state index contributed by atoms with van der Waals surface area (Å²) in [6.45, 7) is 4.39. The van der Waals surface area contributed by atoms with E-state index in [1.54, 1.807) is 24.3 Å². The molecule has 0 atom stereocenters. The molecule has 0 radical (unpaired) electrons. The summed E-state index contributed by atoms with van der Waals surface area (Å²) in [5.41, 5.74) is 0.619. The van der Waals surface area contributed by atoms with Crippen molar-refractivity contribution >= 4 is 31.8 Å². The van der Waals surface area contributed by atoms with Crippen LogP contribution >= 0.6 is 0 Å². The van der Waals surface area contributed by atoms with Crippen LogP contribution in [0.5, 0.6) is 0 Å². The van der Waals surface area contributed by atoms with Crippen molar-refractivity contribution in [3.8, 4) is 22.3 Å². The van der Waals surface area contributed by atoms with Crippen LogP contribution in [0.4, 0.5) is 38.1 Å². The molecule has 6 rings (SSSR count). The van der Waals surface area contributed by atoms with Gasteiger partial charge < -0.3 is 9.05 Å². The van der Waals surface area contributed by atoms with E-state index < -0.39 is 55.6 Å². The second-order valence-corrected chi connectivity index (χ2v) is 22.6. The lowest BCUT2D eigenvalue weighted by molar-refractivity contribution is -0.144. The average molecular weight is 1100 g/mol. The van der Waals surface area contributed by atoms with Crippen LogP contribution in [0.3, 0.4) is 0 Å². The maximum atomic E-state index is 13.5. The van der Waals surface area contributed by atoms with E-state index >= 15 is 0 Å². The molecule has 0 aliphatic heterocycles. The van der Waals surface area contributed by atoms with E-state index in [1.807, 2.05) is 60.7 Å². The molecule has 0 aliphatic rings. The van der Waals surface area contributed by atoms with Gasteiger partial charge in [-0.25, -0.2) is 26.3 Å². The van der Waals surface area contributed by atoms with Crippen LogP contribution in [-0.2, 0) is 45.2 Å². The standard InChI is InChI=1S/2C29H37F3N2O3S/c2*1-2-3-4-5-6-7-8-9-10-11-15-18-26-27(29(30,31)32)33-37-28(26)34-38(35,36)25-21-19-24(20-22-25)23-16-13-12-14-17-23/h2*12-14,16-17,19-22,34H,2-11,15,18H2,1H3. The molecule has 0 aliphatic carbocycles. The van der Waals surface area contributed by atoms with Crippen LogP contribution in [0.25, 0.3) is 22.3 Å². The van der Waals surface area contributed by atoms with Crippen molar-refractivity contribution in [2.75, 3.05) is 9.44 Å². The van der Waals surface area contributed by atoms with Gasteiger partial charge in [0.15, 0.2) is 11.4 Å². The van der Waals surface area contributed by atoms with Gasteiger partial charge in [-0.05, 0) is 72.2 Å². The fourth-order valence-corrected chi connectivity index (χ4v) is 10.9. The Morgan fingerprint density at radius 3 is 0.921 bits per heavy atom. The third-order valence-electron chi connectivity index (χ3n) is 13.2. The largest absolute Gasteiger partial charge is 0.437 e. The van der Waals surface area contributed by atoms with Crippen LogP contribution in [0, 0.1) is 0 Å². The van der Waals surface area contributed by atoms with E-state index in [1.165, 1.54) is 101 Å². The number of halogens is 6. The average Bonchev–Trinajstić information content (AvgIpc) is 4.02. The number of aromatic nitrogens is 2. The molecule has 4 aromatic carbocycles. The Labute approximate surface area is 445 Å². The van der Waals surface area contributed by atoms with Gasteiger partial charge in [-0.3, -0.25) is 0 Å². The van der Waals surface area contributed by atoms with E-state index in [9.17, 15) is 43.2 Å². The second kappa shape index (κ2) is 31.0. The van der Waals surface area contributed by atoms with Gasteiger partial charge >= 0.3 is 12.4 Å². The highest BCUT2D eigenvalue weighted by Crippen LogP contribution is 2.38. The van der Waals surface area contributed by atoms with Crippen molar-refractivity contribution in [3.05, 3.63) is 132 Å². The fourth-order valence-electron chi connectivity index (χ4n) is 8.90. The first kappa shape index (κ1) is 61.2. The van der Waals surface area contributed by atoms with Crippen LogP contribution < -0.4 is 9.44 Å². The molecule has 76 heavy (non-hydrogen) atoms. The molecule has 18 heteroatoms. The smallest absolute Gasteiger partial charge is 0.337 e. The number of benzene rings is 4. The number of nitrogens with zero attached hydrogens (tertiary/aromatic N) is 2. The van der Waals surface area contributed by atoms with E-state index in [0.29, 0.717) is 12.8 Å². The predicted octanol–water partition coefficient (Wildman–Crippen LogP) is 18.0. The van der Waals surface area contributed by atoms with Crippen molar-refractivity contribution < 1.29 is 52.2 Å². The third kappa shape index (κ3) is 20.1. The Balaban J connectivity index is 0.000000281. The van der Waals surface area contributed by atoms with E-state index in [-0.39, 0.29) is 33.8 Å². The first-order chi connectivity index (χ1) is 36.4. The summed E-state index contributed by atoms with van der Waals surface area (Å²) >= 11 is 0. The summed E-state index contributed by atoms with van der Waals surface area (Å²) in [6.07, 6.45) is 14.2. The van der Waals surface area contributed by atoms with E-state index in [2.05, 4.69) is 33.6 Å². The minimum absolute atomic E-state index is 0.0279. The van der Waals surface area contributed by atoms with Crippen LogP contribution in [0.2, 0.25) is 0 Å². The van der Waals surface area contributed by atoms with Gasteiger partial charge in [-0.2, -0.15) is 26.3 Å². The van der Waals surface area contributed by atoms with Gasteiger partial charge in [0.25, 0.3) is 20.0 Å². The summed E-state index contributed by atoms with van der Waals surface area (Å²) in [5, 5.41) is 6.32. The Bertz CT molecular complexity index is 2610. The summed E-state index contributed by atoms with van der Waals surface area (Å²) < 4.78 is 147. The van der Waals surface area contributed by atoms with Gasteiger partial charge in [0, 0.05) is 0 Å². The van der Waals surface area contributed by atoms with E-state index in [0.717, 1.165) is 73.6 Å². The van der Waals surface area contributed by atoms with Crippen molar-refractivity contribution in [2.24, 2.45) is 0 Å². The Hall–Kier alpha value is -5.62. The molecule has 0 bridgehead atoms. The number of nitrogens with one attached hydrogen (secondary N) is 2. The minimum atomic E-state index is -4.74. The normalized spacial score (nSPS) is 12.1. The Morgan fingerprint density at radius 1 is 0.382 bits per heavy atom. The molecular formula is C58H74F6N4O6S2. The summed E-state index contributed by atoms with van der Waals surface area (Å²) in [7, 11) is -8.34. The zero-order valence-electron chi connectivity index (χ0n) is 43.8. The maximum absolute atomic E-state index is 13.5. The first-order valence-corrected chi connectivity index (χ1v) is 29.9. The molecule has 0 saturated heterocycles. The van der Waals surface area contributed by atoms with Gasteiger partial charge in [0.1, 0.15) is 0 Å². The van der Waals surface area contributed by atoms with Crippen molar-refractivity contribution in [1.82, 2.24) is 10.3 Å². The number of sulfonamides is 2. The lowest BCUT2D eigenvalue weighted by atomic mass is 10.0. The zero-order valence-corrected chi connectivity index (χ0v) is 45.4. The molecule has 0 amide bonds. The fraction of sp³-hybridized carbons (Fsp3) is 0.483. The minimum Gasteiger partial charge on any atom is -0.337 e. The van der Waals surface area contributed by atoms with Crippen molar-refractivity contribution in [3.63, 3.8) is 0 Å². The van der Waals surface area contributed by atoms with Crippen LogP contribution in [0.15, 0.2) is 128 Å². The highest BCUT2D eigenvalue weighted by molar-refractivity contribution is 7.93. The Kier molecular flexibility index (Phi) is 24.9. The SMILES string of the molecule is CCCCCCCCCCCCCc1c(C(F)(F)F)noc1NS(=O)(=O)c1ccc(-c2ccccc2)cc1.CCCCCCCCCCCCCc1c(C(F)(F)F)noc1NS(=O)(=O)c1ccc(-c2ccccc2)cc1. The third-order valence-corrected chi connectivity index (χ3v) is 15.9. The molecule has 2 N–H and O–H groups in total. The number of hydrogen-bond acceptors (Lipinski definition) is 8. The van der Waals surface area contributed by atoms with Crippen molar-refractivity contribution in [1.29, 1.82) is 0 Å². The molecule has 416 valence electrons. The van der Waals surface area contributed by atoms with E-state index in [4.69, 9.17) is 9.05 Å². The van der Waals surface area contributed by atoms with Gasteiger partial charge in [-0.15, -0.1) is 0 Å². The molecular weight excluding hydrogens is 1030 g/mol. The molecule has 0 saturated carbocycles. The summed E-state index contributed by atoms with van der Waals surface area (Å²) in [5.74, 6) is -0.951. The number of unbranched alkanes of at least 4 members (excludes halogenated alkanes) is 20. The molecule has 0 fully saturated rings. The van der Waals surface area contributed by atoms with Crippen LogP contribution in [0.1, 0.15) is 178 Å². The molecule has 2 aromatic heterocycles. The summed E-state index contributed by atoms with van der Waals surface area (Å²) in [6, 6.07) is 31.1. The molecule has 0 unspecified atom stereocenters. The Morgan fingerprint density at radius 2 is 0.645 bits per heavy atom. The zero-order chi connectivity index (χ0) is 54.9. The lowest BCUT2D eigenvalue weighted by Crippen LogP contribution is -2.15. The van der Waals surface area contributed by atoms with Crippen LogP contribution in [-0.4, -0.2) is 27.1 Å². The van der Waals surface area contributed by atoms with Gasteiger partial charge in [0.05, 0.1) is 20.9 Å². The predicted molar refractivity (Wildman–Crippen MR) is 289 cm³/mol. The topological polar surface area (TPSA) is 144 Å². The number of alkyl halides is 6. The quantitative estimate of drug-likeness (QED) is 0.0314. The van der Waals surface area contributed by atoms with Gasteiger partial charge in [-0.1, -0.05) is 238 Å². The summed E-state index contributed by atoms with van der Waals surface area (Å²) in [4.78, 5) is -0.162. The molecule has 0 spiro atoms. The highest BCUT2D eigenvalue weighted by Gasteiger charge is 2.41. The second-order valence-electron chi connectivity index (χ2n) is 19.2. The first-order valence-electron chi connectivity index (χ1n) is 26.9. The number of rotatable bonds is 32. The molecule has 10 nitrogen and oxygen atoms in total. The van der Waals surface area contributed by atoms with Gasteiger partial charge in [0.2, 0.25) is 11.8 Å². The highest BCUT2D eigenvalue weighted by atomic mass is 32.2. The number of hydrogen-bond donors (Lipinski definition) is 2. The maximum Gasteiger partial charge on any atom is 0.437 e. The molecule has 6 aromatic rings. The monoisotopic (exact) mass is 1100 g/mol. The molecule has 2 heterocycles.